The molecule has 0 aliphatic heterocycles. The molecular formula is C34H50O6Zn. The molecule has 0 aliphatic rings. The van der Waals surface area contributed by atoms with Crippen LogP contribution in [0.5, 0.6) is 11.5 Å². The largest absolute Gasteiger partial charge is 2.00 e. The van der Waals surface area contributed by atoms with E-state index in [0.29, 0.717) is 18.6 Å². The van der Waals surface area contributed by atoms with Gasteiger partial charge in [-0.3, -0.25) is 4.79 Å². The van der Waals surface area contributed by atoms with E-state index in [9.17, 15) is 24.9 Å². The van der Waals surface area contributed by atoms with Crippen LogP contribution in [-0.4, -0.2) is 22.2 Å². The number of aliphatic carboxylic acids is 2. The van der Waals surface area contributed by atoms with Crippen molar-refractivity contribution in [2.75, 3.05) is 0 Å². The number of rotatable bonds is 6. The number of carbonyl (C=O) groups excluding carboxylic acids is 1. The third kappa shape index (κ3) is 11.8. The van der Waals surface area contributed by atoms with Crippen LogP contribution in [0.4, 0.5) is 0 Å². The summed E-state index contributed by atoms with van der Waals surface area (Å²) in [6.45, 7) is 24.3. The van der Waals surface area contributed by atoms with Crippen molar-refractivity contribution < 1.29 is 49.5 Å². The summed E-state index contributed by atoms with van der Waals surface area (Å²) >= 11 is 0. The molecule has 0 aliphatic carbocycles. The number of aromatic hydroxyl groups is 1. The summed E-state index contributed by atoms with van der Waals surface area (Å²) in [5, 5.41) is 42.6. The van der Waals surface area contributed by atoms with Crippen LogP contribution < -0.4 is 10.2 Å². The van der Waals surface area contributed by atoms with E-state index >= 15 is 0 Å². The Morgan fingerprint density at radius 3 is 1.20 bits per heavy atom. The summed E-state index contributed by atoms with van der Waals surface area (Å²) < 4.78 is 0. The van der Waals surface area contributed by atoms with Crippen LogP contribution in [0.25, 0.3) is 0 Å². The fourth-order valence-electron chi connectivity index (χ4n) is 4.43. The zero-order chi connectivity index (χ0) is 31.4. The molecule has 0 fully saturated rings. The van der Waals surface area contributed by atoms with Gasteiger partial charge in [0.1, 0.15) is 5.75 Å². The van der Waals surface area contributed by atoms with Gasteiger partial charge in [0.15, 0.2) is 0 Å². The summed E-state index contributed by atoms with van der Waals surface area (Å²) in [5.41, 5.74) is 4.26. The maximum atomic E-state index is 12.6. The first-order valence-electron chi connectivity index (χ1n) is 14.0. The number of carboxylic acid groups (broad SMARTS) is 2. The van der Waals surface area contributed by atoms with Gasteiger partial charge in [0.2, 0.25) is 0 Å². The zero-order valence-electron chi connectivity index (χ0n) is 27.4. The molecule has 0 heterocycles. The predicted octanol–water partition coefficient (Wildman–Crippen LogP) is 6.04. The molecule has 0 spiro atoms. The van der Waals surface area contributed by atoms with Gasteiger partial charge in [0, 0.05) is 12.4 Å². The van der Waals surface area contributed by atoms with Crippen LogP contribution in [0, 0.1) is 0 Å². The molecule has 0 unspecified atom stereocenters. The molecular weight excluding hydrogens is 570 g/mol. The Bertz CT molecular complexity index is 1040. The van der Waals surface area contributed by atoms with E-state index in [0.717, 1.165) is 33.4 Å². The van der Waals surface area contributed by atoms with Gasteiger partial charge in [-0.1, -0.05) is 107 Å². The Morgan fingerprint density at radius 1 is 0.634 bits per heavy atom. The minimum Gasteiger partial charge on any atom is -0.872 e. The van der Waals surface area contributed by atoms with E-state index in [1.54, 1.807) is 0 Å². The monoisotopic (exact) mass is 618 g/mol. The van der Waals surface area contributed by atoms with Crippen molar-refractivity contribution in [3.05, 3.63) is 57.6 Å². The smallest absolute Gasteiger partial charge is 0.872 e. The number of hydrogen-bond donors (Lipinski definition) is 2. The van der Waals surface area contributed by atoms with Crippen molar-refractivity contribution in [3.63, 3.8) is 0 Å². The summed E-state index contributed by atoms with van der Waals surface area (Å²) in [6.07, 6.45) is 0.972. The number of carbonyl (C=O) groups is 2. The average Bonchev–Trinajstić information content (AvgIpc) is 2.74. The third-order valence-corrected chi connectivity index (χ3v) is 6.80. The Morgan fingerprint density at radius 2 is 0.927 bits per heavy atom. The number of aryl methyl sites for hydroxylation is 2. The van der Waals surface area contributed by atoms with Crippen LogP contribution in [0.2, 0.25) is 0 Å². The molecule has 7 heteroatoms. The summed E-state index contributed by atoms with van der Waals surface area (Å²) in [6, 6.07) is 7.57. The Labute approximate surface area is 260 Å². The second-order valence-corrected chi connectivity index (χ2v) is 14.8. The zero-order valence-corrected chi connectivity index (χ0v) is 30.3. The van der Waals surface area contributed by atoms with Crippen LogP contribution in [0.15, 0.2) is 24.3 Å². The maximum Gasteiger partial charge on any atom is 2.00 e. The van der Waals surface area contributed by atoms with Crippen LogP contribution in [0.1, 0.15) is 129 Å². The average molecular weight is 620 g/mol. The van der Waals surface area contributed by atoms with Crippen molar-refractivity contribution in [3.8, 4) is 11.5 Å². The molecule has 0 saturated carbocycles. The molecule has 0 saturated heterocycles. The van der Waals surface area contributed by atoms with Gasteiger partial charge in [-0.05, 0) is 74.3 Å². The molecule has 2 aromatic rings. The van der Waals surface area contributed by atoms with Crippen LogP contribution >= 0.6 is 0 Å². The SMILES string of the molecule is CC(C)(C)c1cc(CCC(=O)O)cc(C(C)(C)C)c1O.CC(C)(C)c1cc(CCC(=O)[O-])cc(C(C)(C)C)c1[O-].[Zn+2]. The third-order valence-electron chi connectivity index (χ3n) is 6.80. The first kappa shape index (κ1) is 38.6. The van der Waals surface area contributed by atoms with Gasteiger partial charge >= 0.3 is 25.4 Å². The molecule has 0 bridgehead atoms. The van der Waals surface area contributed by atoms with E-state index in [1.807, 2.05) is 65.8 Å². The van der Waals surface area contributed by atoms with Gasteiger partial charge in [0.25, 0.3) is 0 Å². The number of phenols is 1. The van der Waals surface area contributed by atoms with Crippen molar-refractivity contribution in [2.45, 2.75) is 130 Å². The van der Waals surface area contributed by atoms with Gasteiger partial charge in [-0.15, -0.1) is 5.75 Å². The fraction of sp³-hybridized carbons (Fsp3) is 0.588. The molecule has 0 radical (unpaired) electrons. The number of carboxylic acids is 2. The van der Waals surface area contributed by atoms with Crippen molar-refractivity contribution in [2.24, 2.45) is 0 Å². The van der Waals surface area contributed by atoms with Crippen molar-refractivity contribution in [1.29, 1.82) is 0 Å². The Kier molecular flexibility index (Phi) is 13.4. The molecule has 2 rings (SSSR count). The number of phenolic OH excluding ortho intramolecular Hbond substituents is 1. The first-order chi connectivity index (χ1) is 17.9. The van der Waals surface area contributed by atoms with Crippen LogP contribution in [-0.2, 0) is 63.6 Å². The van der Waals surface area contributed by atoms with E-state index in [4.69, 9.17) is 5.11 Å². The molecule has 6 nitrogen and oxygen atoms in total. The molecule has 0 atom stereocenters. The number of hydrogen-bond acceptors (Lipinski definition) is 5. The van der Waals surface area contributed by atoms with Crippen molar-refractivity contribution >= 4 is 11.9 Å². The topological polar surface area (TPSA) is 121 Å². The molecule has 0 aromatic heterocycles. The predicted molar refractivity (Wildman–Crippen MR) is 158 cm³/mol. The van der Waals surface area contributed by atoms with Gasteiger partial charge in [-0.2, -0.15) is 0 Å². The number of benzene rings is 2. The quantitative estimate of drug-likeness (QED) is 0.380. The summed E-state index contributed by atoms with van der Waals surface area (Å²) in [5.74, 6) is -1.45. The minimum atomic E-state index is -1.06. The molecule has 224 valence electrons. The first-order valence-corrected chi connectivity index (χ1v) is 14.0. The van der Waals surface area contributed by atoms with E-state index in [-0.39, 0.29) is 59.7 Å². The van der Waals surface area contributed by atoms with E-state index in [1.165, 1.54) is 0 Å². The second-order valence-electron chi connectivity index (χ2n) is 14.8. The van der Waals surface area contributed by atoms with Gasteiger partial charge < -0.3 is 25.2 Å². The summed E-state index contributed by atoms with van der Waals surface area (Å²) in [7, 11) is 0. The molecule has 41 heavy (non-hydrogen) atoms. The summed E-state index contributed by atoms with van der Waals surface area (Å²) in [4.78, 5) is 21.4. The molecule has 2 aromatic carbocycles. The van der Waals surface area contributed by atoms with Crippen LogP contribution in [0.3, 0.4) is 0 Å². The molecule has 0 amide bonds. The van der Waals surface area contributed by atoms with E-state index in [2.05, 4.69) is 41.5 Å². The second kappa shape index (κ2) is 14.2. The maximum absolute atomic E-state index is 12.6. The Balaban J connectivity index is 0.000000762. The fourth-order valence-corrected chi connectivity index (χ4v) is 4.43. The van der Waals surface area contributed by atoms with Gasteiger partial charge in [-0.25, -0.2) is 0 Å². The van der Waals surface area contributed by atoms with E-state index < -0.39 is 11.9 Å². The molecule has 2 N–H and O–H groups in total. The van der Waals surface area contributed by atoms with Gasteiger partial charge in [0.05, 0.1) is 0 Å². The standard InChI is InChI=1S/2C17H26O3.Zn/c2*1-16(2,3)12-9-11(7-8-14(18)19)10-13(15(12)20)17(4,5)6;/h2*9-10,20H,7-8H2,1-6H3,(H,18,19);/q;;+2/p-2. The normalized spacial score (nSPS) is 12.2. The van der Waals surface area contributed by atoms with Crippen molar-refractivity contribution in [1.82, 2.24) is 0 Å². The minimum absolute atomic E-state index is 0. The Hall–Kier alpha value is -2.40.